The van der Waals surface area contributed by atoms with Crippen molar-refractivity contribution in [1.29, 1.82) is 0 Å². The molecule has 5 heteroatoms. The third-order valence-electron chi connectivity index (χ3n) is 4.00. The molecule has 0 saturated carbocycles. The van der Waals surface area contributed by atoms with E-state index in [0.29, 0.717) is 12.6 Å². The summed E-state index contributed by atoms with van der Waals surface area (Å²) in [5.41, 5.74) is 0. The molecule has 0 bridgehead atoms. The van der Waals surface area contributed by atoms with Gasteiger partial charge in [-0.25, -0.2) is 0 Å². The van der Waals surface area contributed by atoms with Gasteiger partial charge in [-0.2, -0.15) is 0 Å². The van der Waals surface area contributed by atoms with Crippen LogP contribution in [0.25, 0.3) is 0 Å². The second kappa shape index (κ2) is 5.04. The predicted octanol–water partition coefficient (Wildman–Crippen LogP) is 0.404. The van der Waals surface area contributed by atoms with Gasteiger partial charge in [0.25, 0.3) is 0 Å². The van der Waals surface area contributed by atoms with E-state index in [1.54, 1.807) is 6.92 Å². The Morgan fingerprint density at radius 1 is 1.12 bits per heavy atom. The van der Waals surface area contributed by atoms with Crippen LogP contribution in [-0.2, 0) is 9.59 Å². The largest absolute Gasteiger partial charge is 0.481 e. The fourth-order valence-corrected chi connectivity index (χ4v) is 2.87. The van der Waals surface area contributed by atoms with E-state index in [1.165, 1.54) is 0 Å². The molecule has 5 nitrogen and oxygen atoms in total. The van der Waals surface area contributed by atoms with Crippen LogP contribution in [0.4, 0.5) is 0 Å². The topological polar surface area (TPSA) is 60.9 Å². The molecule has 0 radical (unpaired) electrons. The van der Waals surface area contributed by atoms with Crippen LogP contribution < -0.4 is 0 Å². The van der Waals surface area contributed by atoms with Gasteiger partial charge in [0.2, 0.25) is 5.91 Å². The van der Waals surface area contributed by atoms with Gasteiger partial charge < -0.3 is 10.0 Å². The Balaban J connectivity index is 1.82. The number of nitrogens with zero attached hydrogens (tertiary/aromatic N) is 2. The van der Waals surface area contributed by atoms with E-state index in [9.17, 15) is 9.59 Å². The average Bonchev–Trinajstić information content (AvgIpc) is 2.78. The lowest BCUT2D eigenvalue weighted by atomic mass is 10.0. The van der Waals surface area contributed by atoms with Crippen molar-refractivity contribution in [3.63, 3.8) is 0 Å². The number of carboxylic acid groups (broad SMARTS) is 1. The SMILES string of the molecule is CC(=O)N1CCC(N2CC[C@@H](C(=O)O)C2)CC1. The van der Waals surface area contributed by atoms with E-state index in [2.05, 4.69) is 4.90 Å². The van der Waals surface area contributed by atoms with Crippen LogP contribution in [0.3, 0.4) is 0 Å². The number of hydrogen-bond donors (Lipinski definition) is 1. The van der Waals surface area contributed by atoms with Gasteiger partial charge in [-0.1, -0.05) is 0 Å². The summed E-state index contributed by atoms with van der Waals surface area (Å²) < 4.78 is 0. The maximum Gasteiger partial charge on any atom is 0.307 e. The smallest absolute Gasteiger partial charge is 0.307 e. The Labute approximate surface area is 101 Å². The normalized spacial score (nSPS) is 27.4. The molecule has 0 aromatic rings. The van der Waals surface area contributed by atoms with Gasteiger partial charge in [0.05, 0.1) is 5.92 Å². The summed E-state index contributed by atoms with van der Waals surface area (Å²) in [7, 11) is 0. The number of aliphatic carboxylic acids is 1. The lowest BCUT2D eigenvalue weighted by molar-refractivity contribution is -0.141. The van der Waals surface area contributed by atoms with Crippen molar-refractivity contribution in [3.8, 4) is 0 Å². The molecule has 0 aliphatic carbocycles. The van der Waals surface area contributed by atoms with Crippen molar-refractivity contribution >= 4 is 11.9 Å². The van der Waals surface area contributed by atoms with Crippen LogP contribution in [-0.4, -0.2) is 59.0 Å². The molecule has 0 aromatic heterocycles. The zero-order chi connectivity index (χ0) is 12.4. The van der Waals surface area contributed by atoms with Crippen molar-refractivity contribution in [2.24, 2.45) is 5.92 Å². The summed E-state index contributed by atoms with van der Waals surface area (Å²) >= 11 is 0. The average molecular weight is 240 g/mol. The number of rotatable bonds is 2. The fourth-order valence-electron chi connectivity index (χ4n) is 2.87. The number of carboxylic acids is 1. The van der Waals surface area contributed by atoms with Crippen LogP contribution in [0.1, 0.15) is 26.2 Å². The first-order valence-corrected chi connectivity index (χ1v) is 6.30. The monoisotopic (exact) mass is 240 g/mol. The number of likely N-dealkylation sites (tertiary alicyclic amines) is 2. The molecule has 2 aliphatic heterocycles. The molecular weight excluding hydrogens is 220 g/mol. The maximum absolute atomic E-state index is 11.2. The van der Waals surface area contributed by atoms with E-state index in [1.807, 2.05) is 4.90 Å². The Kier molecular flexibility index (Phi) is 3.66. The molecule has 17 heavy (non-hydrogen) atoms. The second-order valence-electron chi connectivity index (χ2n) is 5.06. The molecule has 2 fully saturated rings. The van der Waals surface area contributed by atoms with Crippen LogP contribution in [0.15, 0.2) is 0 Å². The molecule has 1 atom stereocenters. The quantitative estimate of drug-likeness (QED) is 0.759. The Bertz CT molecular complexity index is 311. The van der Waals surface area contributed by atoms with Crippen LogP contribution >= 0.6 is 0 Å². The summed E-state index contributed by atoms with van der Waals surface area (Å²) in [6.45, 7) is 4.81. The molecule has 1 N–H and O–H groups in total. The molecule has 2 heterocycles. The first-order chi connectivity index (χ1) is 8.08. The molecule has 0 unspecified atom stereocenters. The zero-order valence-corrected chi connectivity index (χ0v) is 10.3. The number of amides is 1. The highest BCUT2D eigenvalue weighted by molar-refractivity contribution is 5.73. The number of hydrogen-bond acceptors (Lipinski definition) is 3. The standard InChI is InChI=1S/C12H20N2O3/c1-9(15)13-6-3-11(4-7-13)14-5-2-10(8-14)12(16)17/h10-11H,2-8H2,1H3,(H,16,17)/t10-/m1/s1. The number of carbonyl (C=O) groups is 2. The minimum Gasteiger partial charge on any atom is -0.481 e. The van der Waals surface area contributed by atoms with Crippen LogP contribution in [0.5, 0.6) is 0 Å². The van der Waals surface area contributed by atoms with Gasteiger partial charge in [-0.15, -0.1) is 0 Å². The molecule has 2 aliphatic rings. The van der Waals surface area contributed by atoms with Crippen LogP contribution in [0, 0.1) is 5.92 Å². The van der Waals surface area contributed by atoms with Crippen molar-refractivity contribution in [1.82, 2.24) is 9.80 Å². The summed E-state index contributed by atoms with van der Waals surface area (Å²) in [6, 6.07) is 0.468. The Hall–Kier alpha value is -1.10. The molecule has 2 saturated heterocycles. The molecule has 1 amide bonds. The summed E-state index contributed by atoms with van der Waals surface area (Å²) in [4.78, 5) is 26.3. The predicted molar refractivity (Wildman–Crippen MR) is 62.6 cm³/mol. The fraction of sp³-hybridized carbons (Fsp3) is 0.833. The number of carbonyl (C=O) groups excluding carboxylic acids is 1. The Morgan fingerprint density at radius 3 is 2.24 bits per heavy atom. The zero-order valence-electron chi connectivity index (χ0n) is 10.3. The Morgan fingerprint density at radius 2 is 1.76 bits per heavy atom. The van der Waals surface area contributed by atoms with Gasteiger partial charge >= 0.3 is 5.97 Å². The molecule has 0 aromatic carbocycles. The van der Waals surface area contributed by atoms with Gasteiger partial charge in [-0.05, 0) is 25.8 Å². The lowest BCUT2D eigenvalue weighted by Crippen LogP contribution is -2.45. The molecular formula is C12H20N2O3. The van der Waals surface area contributed by atoms with Crippen molar-refractivity contribution < 1.29 is 14.7 Å². The lowest BCUT2D eigenvalue weighted by Gasteiger charge is -2.36. The van der Waals surface area contributed by atoms with Crippen molar-refractivity contribution in [2.75, 3.05) is 26.2 Å². The minimum absolute atomic E-state index is 0.147. The van der Waals surface area contributed by atoms with Crippen molar-refractivity contribution in [3.05, 3.63) is 0 Å². The first kappa shape index (κ1) is 12.4. The maximum atomic E-state index is 11.2. The second-order valence-corrected chi connectivity index (χ2v) is 5.06. The summed E-state index contributed by atoms with van der Waals surface area (Å²) in [6.07, 6.45) is 2.72. The van der Waals surface area contributed by atoms with E-state index in [4.69, 9.17) is 5.11 Å². The van der Waals surface area contributed by atoms with E-state index >= 15 is 0 Å². The van der Waals surface area contributed by atoms with Gasteiger partial charge in [0.15, 0.2) is 0 Å². The van der Waals surface area contributed by atoms with Gasteiger partial charge in [0, 0.05) is 32.6 Å². The highest BCUT2D eigenvalue weighted by atomic mass is 16.4. The van der Waals surface area contributed by atoms with Crippen LogP contribution in [0.2, 0.25) is 0 Å². The van der Waals surface area contributed by atoms with Crippen molar-refractivity contribution in [2.45, 2.75) is 32.2 Å². The molecule has 2 rings (SSSR count). The third-order valence-corrected chi connectivity index (χ3v) is 4.00. The minimum atomic E-state index is -0.673. The van der Waals surface area contributed by atoms with Gasteiger partial charge in [-0.3, -0.25) is 14.5 Å². The van der Waals surface area contributed by atoms with E-state index in [-0.39, 0.29) is 11.8 Å². The van der Waals surface area contributed by atoms with Gasteiger partial charge in [0.1, 0.15) is 0 Å². The number of piperidine rings is 1. The van der Waals surface area contributed by atoms with E-state index in [0.717, 1.165) is 38.9 Å². The molecule has 0 spiro atoms. The molecule has 96 valence electrons. The van der Waals surface area contributed by atoms with E-state index < -0.39 is 5.97 Å². The first-order valence-electron chi connectivity index (χ1n) is 6.30. The summed E-state index contributed by atoms with van der Waals surface area (Å²) in [5, 5.41) is 8.96. The third kappa shape index (κ3) is 2.77. The summed E-state index contributed by atoms with van der Waals surface area (Å²) in [5.74, 6) is -0.720. The highest BCUT2D eigenvalue weighted by Crippen LogP contribution is 2.24. The highest BCUT2D eigenvalue weighted by Gasteiger charge is 2.33.